The Kier molecular flexibility index (Phi) is 6.45. The number of piperidine rings is 1. The molecular formula is C18H27ClN2O2. The predicted octanol–water partition coefficient (Wildman–Crippen LogP) is 2.81. The first-order valence-corrected chi connectivity index (χ1v) is 8.64. The molecule has 2 atom stereocenters. The summed E-state index contributed by atoms with van der Waals surface area (Å²) in [4.78, 5) is 17.1. The van der Waals surface area contributed by atoms with E-state index in [0.29, 0.717) is 17.0 Å². The monoisotopic (exact) mass is 338 g/mol. The molecule has 0 radical (unpaired) electrons. The van der Waals surface area contributed by atoms with E-state index in [-0.39, 0.29) is 12.5 Å². The van der Waals surface area contributed by atoms with E-state index in [2.05, 4.69) is 19.0 Å². The third-order valence-corrected chi connectivity index (χ3v) is 5.03. The molecule has 1 N–H and O–H groups in total. The average Bonchev–Trinajstić information content (AvgIpc) is 2.51. The number of aliphatic hydroxyl groups is 1. The van der Waals surface area contributed by atoms with Crippen LogP contribution in [0.2, 0.25) is 5.02 Å². The van der Waals surface area contributed by atoms with Crippen LogP contribution >= 0.6 is 11.6 Å². The van der Waals surface area contributed by atoms with Crippen LogP contribution in [0.1, 0.15) is 35.2 Å². The topological polar surface area (TPSA) is 43.8 Å². The van der Waals surface area contributed by atoms with E-state index in [9.17, 15) is 4.79 Å². The summed E-state index contributed by atoms with van der Waals surface area (Å²) < 4.78 is 0. The Morgan fingerprint density at radius 1 is 1.43 bits per heavy atom. The Morgan fingerprint density at radius 2 is 2.17 bits per heavy atom. The van der Waals surface area contributed by atoms with Crippen LogP contribution < -0.4 is 0 Å². The highest BCUT2D eigenvalue weighted by Gasteiger charge is 2.32. The summed E-state index contributed by atoms with van der Waals surface area (Å²) >= 11 is 5.99. The first kappa shape index (κ1) is 18.2. The van der Waals surface area contributed by atoms with Gasteiger partial charge in [-0.15, -0.1) is 0 Å². The number of carbonyl (C=O) groups excluding carboxylic acids is 1. The average molecular weight is 339 g/mol. The van der Waals surface area contributed by atoms with Crippen molar-refractivity contribution in [1.82, 2.24) is 9.80 Å². The van der Waals surface area contributed by atoms with Crippen LogP contribution in [0.4, 0.5) is 0 Å². The molecule has 2 rings (SSSR count). The molecule has 0 aliphatic carbocycles. The second-order valence-corrected chi connectivity index (χ2v) is 7.09. The molecule has 23 heavy (non-hydrogen) atoms. The van der Waals surface area contributed by atoms with Gasteiger partial charge in [0.1, 0.15) is 0 Å². The number of nitrogens with zero attached hydrogens (tertiary/aromatic N) is 2. The molecule has 1 aromatic carbocycles. The van der Waals surface area contributed by atoms with Crippen molar-refractivity contribution in [1.29, 1.82) is 0 Å². The normalized spacial score (nSPS) is 21.7. The molecule has 1 aliphatic rings. The fourth-order valence-electron chi connectivity index (χ4n) is 3.56. The third-order valence-electron chi connectivity index (χ3n) is 4.80. The maximum atomic E-state index is 12.8. The lowest BCUT2D eigenvalue weighted by atomic mass is 9.87. The number of halogens is 1. The first-order chi connectivity index (χ1) is 10.9. The largest absolute Gasteiger partial charge is 0.396 e. The minimum absolute atomic E-state index is 0.0883. The lowest BCUT2D eigenvalue weighted by Crippen LogP contribution is -2.50. The SMILES string of the molecule is Cc1cc(Cl)ccc1C(=O)N1CC[C@H](N(C)C)[C@H](CCCO)C1. The number of benzene rings is 1. The Bertz CT molecular complexity index is 548. The van der Waals surface area contributed by atoms with E-state index >= 15 is 0 Å². The van der Waals surface area contributed by atoms with E-state index < -0.39 is 0 Å². The van der Waals surface area contributed by atoms with Gasteiger partial charge in [-0.3, -0.25) is 4.79 Å². The molecular weight excluding hydrogens is 312 g/mol. The summed E-state index contributed by atoms with van der Waals surface area (Å²) in [6.07, 6.45) is 2.71. The van der Waals surface area contributed by atoms with E-state index in [1.807, 2.05) is 24.0 Å². The van der Waals surface area contributed by atoms with E-state index in [1.54, 1.807) is 6.07 Å². The third kappa shape index (κ3) is 4.46. The highest BCUT2D eigenvalue weighted by Crippen LogP contribution is 2.27. The van der Waals surface area contributed by atoms with E-state index in [4.69, 9.17) is 16.7 Å². The van der Waals surface area contributed by atoms with Crippen molar-refractivity contribution in [2.24, 2.45) is 5.92 Å². The summed E-state index contributed by atoms with van der Waals surface area (Å²) in [5.41, 5.74) is 1.66. The van der Waals surface area contributed by atoms with Gasteiger partial charge < -0.3 is 14.9 Å². The maximum absolute atomic E-state index is 12.8. The van der Waals surface area contributed by atoms with Crippen molar-refractivity contribution >= 4 is 17.5 Å². The molecule has 1 amide bonds. The highest BCUT2D eigenvalue weighted by molar-refractivity contribution is 6.30. The Balaban J connectivity index is 2.12. The molecule has 1 saturated heterocycles. The second kappa shape index (κ2) is 8.13. The Labute approximate surface area is 144 Å². The molecule has 4 nitrogen and oxygen atoms in total. The van der Waals surface area contributed by atoms with Crippen LogP contribution in [0.3, 0.4) is 0 Å². The van der Waals surface area contributed by atoms with Gasteiger partial charge in [-0.1, -0.05) is 11.6 Å². The van der Waals surface area contributed by atoms with E-state index in [0.717, 1.165) is 43.5 Å². The van der Waals surface area contributed by atoms with Crippen molar-refractivity contribution in [3.8, 4) is 0 Å². The molecule has 0 unspecified atom stereocenters. The highest BCUT2D eigenvalue weighted by atomic mass is 35.5. The first-order valence-electron chi connectivity index (χ1n) is 8.26. The maximum Gasteiger partial charge on any atom is 0.254 e. The minimum Gasteiger partial charge on any atom is -0.396 e. The van der Waals surface area contributed by atoms with Gasteiger partial charge in [0, 0.05) is 36.3 Å². The van der Waals surface area contributed by atoms with Crippen molar-refractivity contribution in [2.45, 2.75) is 32.2 Å². The lowest BCUT2D eigenvalue weighted by molar-refractivity contribution is 0.0495. The molecule has 0 bridgehead atoms. The van der Waals surface area contributed by atoms with Crippen LogP contribution in [0, 0.1) is 12.8 Å². The standard InChI is InChI=1S/C18H27ClN2O2/c1-13-11-15(19)6-7-16(13)18(23)21-9-8-17(20(2)3)14(12-21)5-4-10-22/h6-7,11,14,17,22H,4-5,8-10,12H2,1-3H3/t14-,17+/m1/s1. The van der Waals surface area contributed by atoms with Gasteiger partial charge in [0.25, 0.3) is 5.91 Å². The van der Waals surface area contributed by atoms with Crippen LogP contribution in [0.5, 0.6) is 0 Å². The Hall–Kier alpha value is -1.10. The lowest BCUT2D eigenvalue weighted by Gasteiger charge is -2.42. The van der Waals surface area contributed by atoms with Gasteiger partial charge in [0.05, 0.1) is 0 Å². The smallest absolute Gasteiger partial charge is 0.254 e. The molecule has 5 heteroatoms. The number of aliphatic hydroxyl groups excluding tert-OH is 1. The summed E-state index contributed by atoms with van der Waals surface area (Å²) in [6.45, 7) is 3.67. The number of hydrogen-bond acceptors (Lipinski definition) is 3. The van der Waals surface area contributed by atoms with Gasteiger partial charge in [0.2, 0.25) is 0 Å². The van der Waals surface area contributed by atoms with Crippen molar-refractivity contribution in [3.63, 3.8) is 0 Å². The van der Waals surface area contributed by atoms with Gasteiger partial charge in [-0.05, 0) is 70.0 Å². The van der Waals surface area contributed by atoms with Crippen molar-refractivity contribution < 1.29 is 9.90 Å². The zero-order chi connectivity index (χ0) is 17.0. The fraction of sp³-hybridized carbons (Fsp3) is 0.611. The number of hydrogen-bond donors (Lipinski definition) is 1. The van der Waals surface area contributed by atoms with Gasteiger partial charge in [-0.2, -0.15) is 0 Å². The van der Waals surface area contributed by atoms with Crippen LogP contribution in [0.15, 0.2) is 18.2 Å². The number of amides is 1. The van der Waals surface area contributed by atoms with E-state index in [1.165, 1.54) is 0 Å². The van der Waals surface area contributed by atoms with Gasteiger partial charge in [0.15, 0.2) is 0 Å². The summed E-state index contributed by atoms with van der Waals surface area (Å²) in [6, 6.07) is 5.90. The summed E-state index contributed by atoms with van der Waals surface area (Å²) in [5, 5.41) is 9.79. The molecule has 0 spiro atoms. The van der Waals surface area contributed by atoms with Crippen molar-refractivity contribution in [2.75, 3.05) is 33.8 Å². The van der Waals surface area contributed by atoms with Crippen LogP contribution in [-0.4, -0.2) is 60.6 Å². The van der Waals surface area contributed by atoms with Crippen LogP contribution in [-0.2, 0) is 0 Å². The molecule has 0 saturated carbocycles. The van der Waals surface area contributed by atoms with Gasteiger partial charge in [-0.25, -0.2) is 0 Å². The van der Waals surface area contributed by atoms with Crippen LogP contribution in [0.25, 0.3) is 0 Å². The number of carbonyl (C=O) groups is 1. The fourth-order valence-corrected chi connectivity index (χ4v) is 3.79. The molecule has 1 aliphatic heterocycles. The van der Waals surface area contributed by atoms with Gasteiger partial charge >= 0.3 is 0 Å². The van der Waals surface area contributed by atoms with Crippen molar-refractivity contribution in [3.05, 3.63) is 34.3 Å². The summed E-state index contributed by atoms with van der Waals surface area (Å²) in [7, 11) is 4.19. The molecule has 1 fully saturated rings. The quantitative estimate of drug-likeness (QED) is 0.897. The molecule has 1 heterocycles. The number of rotatable bonds is 5. The Morgan fingerprint density at radius 3 is 2.78 bits per heavy atom. The second-order valence-electron chi connectivity index (χ2n) is 6.66. The zero-order valence-electron chi connectivity index (χ0n) is 14.3. The predicted molar refractivity (Wildman–Crippen MR) is 94.0 cm³/mol. The minimum atomic E-state index is 0.0883. The molecule has 0 aromatic heterocycles. The number of aryl methyl sites for hydroxylation is 1. The molecule has 1 aromatic rings. The summed E-state index contributed by atoms with van der Waals surface area (Å²) in [5.74, 6) is 0.493. The number of likely N-dealkylation sites (tertiary alicyclic amines) is 1. The molecule has 128 valence electrons. The zero-order valence-corrected chi connectivity index (χ0v) is 15.0.